The van der Waals surface area contributed by atoms with Crippen molar-refractivity contribution in [1.29, 1.82) is 0 Å². The third-order valence-electron chi connectivity index (χ3n) is 3.06. The van der Waals surface area contributed by atoms with Gasteiger partial charge in [0, 0.05) is 6.54 Å². The summed E-state index contributed by atoms with van der Waals surface area (Å²) in [5, 5.41) is 12.0. The van der Waals surface area contributed by atoms with Crippen molar-refractivity contribution >= 4 is 5.91 Å². The zero-order chi connectivity index (χ0) is 15.1. The van der Waals surface area contributed by atoms with Gasteiger partial charge in [-0.25, -0.2) is 0 Å². The first kappa shape index (κ1) is 14.9. The number of benzene rings is 2. The Kier molecular flexibility index (Phi) is 5.21. The van der Waals surface area contributed by atoms with Gasteiger partial charge in [-0.2, -0.15) is 0 Å². The number of hydrogen-bond acceptors (Lipinski definition) is 3. The first-order chi connectivity index (χ1) is 10.1. The molecule has 0 aliphatic rings. The van der Waals surface area contributed by atoms with E-state index in [0.717, 1.165) is 17.5 Å². The SMILES string of the molecule is Cc1ccc(OCC(=O)NCCc2ccc(O)cc2)cc1. The molecule has 0 heterocycles. The Morgan fingerprint density at radius 1 is 1.10 bits per heavy atom. The molecule has 0 fully saturated rings. The van der Waals surface area contributed by atoms with Crippen LogP contribution in [-0.2, 0) is 11.2 Å². The predicted molar refractivity (Wildman–Crippen MR) is 81.5 cm³/mol. The van der Waals surface area contributed by atoms with E-state index in [9.17, 15) is 9.90 Å². The molecule has 0 spiro atoms. The van der Waals surface area contributed by atoms with Crippen LogP contribution in [0.5, 0.6) is 11.5 Å². The van der Waals surface area contributed by atoms with E-state index in [1.165, 1.54) is 0 Å². The van der Waals surface area contributed by atoms with Crippen LogP contribution in [0.15, 0.2) is 48.5 Å². The predicted octanol–water partition coefficient (Wildman–Crippen LogP) is 2.44. The highest BCUT2D eigenvalue weighted by atomic mass is 16.5. The normalized spacial score (nSPS) is 10.1. The molecule has 4 nitrogen and oxygen atoms in total. The van der Waals surface area contributed by atoms with Crippen molar-refractivity contribution in [3.05, 3.63) is 59.7 Å². The maximum atomic E-state index is 11.7. The number of aromatic hydroxyl groups is 1. The summed E-state index contributed by atoms with van der Waals surface area (Å²) in [5.41, 5.74) is 2.22. The molecule has 110 valence electrons. The lowest BCUT2D eigenvalue weighted by Gasteiger charge is -2.08. The first-order valence-corrected chi connectivity index (χ1v) is 6.87. The minimum atomic E-state index is -0.144. The van der Waals surface area contributed by atoms with Crippen molar-refractivity contribution in [2.24, 2.45) is 0 Å². The van der Waals surface area contributed by atoms with E-state index >= 15 is 0 Å². The van der Waals surface area contributed by atoms with E-state index in [2.05, 4.69) is 5.32 Å². The molecule has 0 bridgehead atoms. The maximum Gasteiger partial charge on any atom is 0.257 e. The third kappa shape index (κ3) is 5.18. The number of hydrogen-bond donors (Lipinski definition) is 2. The number of phenolic OH excluding ortho intramolecular Hbond substituents is 1. The van der Waals surface area contributed by atoms with Gasteiger partial charge in [0.1, 0.15) is 11.5 Å². The van der Waals surface area contributed by atoms with E-state index < -0.39 is 0 Å². The summed E-state index contributed by atoms with van der Waals surface area (Å²) in [6.45, 7) is 2.55. The molecule has 2 N–H and O–H groups in total. The fourth-order valence-corrected chi connectivity index (χ4v) is 1.84. The summed E-state index contributed by atoms with van der Waals surface area (Å²) in [4.78, 5) is 11.7. The maximum absolute atomic E-state index is 11.7. The number of ether oxygens (including phenoxy) is 1. The minimum absolute atomic E-state index is 0.0125. The van der Waals surface area contributed by atoms with Crippen LogP contribution in [0.4, 0.5) is 0 Å². The number of phenols is 1. The molecular weight excluding hydrogens is 266 g/mol. The summed E-state index contributed by atoms with van der Waals surface area (Å²) >= 11 is 0. The van der Waals surface area contributed by atoms with Crippen molar-refractivity contribution in [3.63, 3.8) is 0 Å². The second-order valence-corrected chi connectivity index (χ2v) is 4.87. The molecule has 4 heteroatoms. The summed E-state index contributed by atoms with van der Waals surface area (Å²) in [5.74, 6) is 0.790. The Morgan fingerprint density at radius 2 is 1.76 bits per heavy atom. The topological polar surface area (TPSA) is 58.6 Å². The van der Waals surface area contributed by atoms with Crippen LogP contribution in [0.1, 0.15) is 11.1 Å². The zero-order valence-electron chi connectivity index (χ0n) is 12.0. The Morgan fingerprint density at radius 3 is 2.43 bits per heavy atom. The van der Waals surface area contributed by atoms with Crippen molar-refractivity contribution in [2.45, 2.75) is 13.3 Å². The third-order valence-corrected chi connectivity index (χ3v) is 3.06. The standard InChI is InChI=1S/C17H19NO3/c1-13-2-8-16(9-3-13)21-12-17(20)18-11-10-14-4-6-15(19)7-5-14/h2-9,19H,10-12H2,1H3,(H,18,20). The Balaban J connectivity index is 1.67. The highest BCUT2D eigenvalue weighted by Gasteiger charge is 2.02. The number of carbonyl (C=O) groups excluding carboxylic acids is 1. The van der Waals surface area contributed by atoms with E-state index in [1.54, 1.807) is 12.1 Å². The van der Waals surface area contributed by atoms with Crippen LogP contribution in [0.2, 0.25) is 0 Å². The van der Waals surface area contributed by atoms with Crippen molar-refractivity contribution in [3.8, 4) is 11.5 Å². The number of aryl methyl sites for hydroxylation is 1. The molecule has 0 saturated carbocycles. The Bertz CT molecular complexity index is 576. The van der Waals surface area contributed by atoms with Gasteiger partial charge in [0.25, 0.3) is 5.91 Å². The van der Waals surface area contributed by atoms with Gasteiger partial charge in [-0.05, 0) is 43.2 Å². The average Bonchev–Trinajstić information content (AvgIpc) is 2.49. The smallest absolute Gasteiger partial charge is 0.257 e. The van der Waals surface area contributed by atoms with Crippen LogP contribution >= 0.6 is 0 Å². The number of rotatable bonds is 6. The monoisotopic (exact) mass is 285 g/mol. The average molecular weight is 285 g/mol. The Labute approximate surface area is 124 Å². The lowest BCUT2D eigenvalue weighted by Crippen LogP contribution is -2.30. The van der Waals surface area contributed by atoms with Crippen molar-refractivity contribution in [1.82, 2.24) is 5.32 Å². The minimum Gasteiger partial charge on any atom is -0.508 e. The summed E-state index contributed by atoms with van der Waals surface area (Å²) in [7, 11) is 0. The first-order valence-electron chi connectivity index (χ1n) is 6.87. The quantitative estimate of drug-likeness (QED) is 0.857. The highest BCUT2D eigenvalue weighted by molar-refractivity contribution is 5.77. The number of amides is 1. The van der Waals surface area contributed by atoms with Crippen molar-refractivity contribution in [2.75, 3.05) is 13.2 Å². The van der Waals surface area contributed by atoms with Gasteiger partial charge >= 0.3 is 0 Å². The van der Waals surface area contributed by atoms with Gasteiger partial charge < -0.3 is 15.2 Å². The molecule has 2 aromatic carbocycles. The molecule has 1 amide bonds. The van der Waals surface area contributed by atoms with E-state index in [-0.39, 0.29) is 18.3 Å². The number of nitrogens with one attached hydrogen (secondary N) is 1. The molecule has 0 unspecified atom stereocenters. The zero-order valence-corrected chi connectivity index (χ0v) is 12.0. The summed E-state index contributed by atoms with van der Waals surface area (Å²) in [6.07, 6.45) is 0.719. The largest absolute Gasteiger partial charge is 0.508 e. The molecule has 2 rings (SSSR count). The van der Waals surface area contributed by atoms with Crippen LogP contribution in [0, 0.1) is 6.92 Å². The van der Waals surface area contributed by atoms with Crippen LogP contribution in [0.3, 0.4) is 0 Å². The molecule has 0 aliphatic heterocycles. The van der Waals surface area contributed by atoms with Gasteiger partial charge in [-0.15, -0.1) is 0 Å². The Hall–Kier alpha value is -2.49. The fraction of sp³-hybridized carbons (Fsp3) is 0.235. The lowest BCUT2D eigenvalue weighted by molar-refractivity contribution is -0.123. The highest BCUT2D eigenvalue weighted by Crippen LogP contribution is 2.11. The van der Waals surface area contributed by atoms with E-state index in [4.69, 9.17) is 4.74 Å². The van der Waals surface area contributed by atoms with Crippen LogP contribution in [-0.4, -0.2) is 24.2 Å². The second kappa shape index (κ2) is 7.33. The van der Waals surface area contributed by atoms with Crippen LogP contribution < -0.4 is 10.1 Å². The molecule has 0 radical (unpaired) electrons. The van der Waals surface area contributed by atoms with Gasteiger partial charge in [0.15, 0.2) is 6.61 Å². The summed E-state index contributed by atoms with van der Waals surface area (Å²) in [6, 6.07) is 14.5. The molecule has 0 atom stereocenters. The van der Waals surface area contributed by atoms with Crippen LogP contribution in [0.25, 0.3) is 0 Å². The van der Waals surface area contributed by atoms with E-state index in [1.807, 2.05) is 43.3 Å². The second-order valence-electron chi connectivity index (χ2n) is 4.87. The van der Waals surface area contributed by atoms with Gasteiger partial charge in [-0.1, -0.05) is 29.8 Å². The molecular formula is C17H19NO3. The lowest BCUT2D eigenvalue weighted by atomic mass is 10.1. The molecule has 0 saturated heterocycles. The molecule has 2 aromatic rings. The van der Waals surface area contributed by atoms with Crippen molar-refractivity contribution < 1.29 is 14.6 Å². The number of carbonyl (C=O) groups is 1. The van der Waals surface area contributed by atoms with E-state index in [0.29, 0.717) is 12.3 Å². The van der Waals surface area contributed by atoms with Gasteiger partial charge in [0.2, 0.25) is 0 Å². The summed E-state index contributed by atoms with van der Waals surface area (Å²) < 4.78 is 5.40. The van der Waals surface area contributed by atoms with Gasteiger partial charge in [0.05, 0.1) is 0 Å². The fourth-order valence-electron chi connectivity index (χ4n) is 1.84. The molecule has 0 aromatic heterocycles. The van der Waals surface area contributed by atoms with Gasteiger partial charge in [-0.3, -0.25) is 4.79 Å². The molecule has 0 aliphatic carbocycles. The molecule has 21 heavy (non-hydrogen) atoms.